The molecule has 0 atom stereocenters. The minimum absolute atomic E-state index is 0.0775. The van der Waals surface area contributed by atoms with E-state index in [4.69, 9.17) is 5.11 Å². The van der Waals surface area contributed by atoms with E-state index in [9.17, 15) is 9.59 Å². The van der Waals surface area contributed by atoms with Crippen molar-refractivity contribution in [3.05, 3.63) is 0 Å². The van der Waals surface area contributed by atoms with Crippen molar-refractivity contribution in [2.24, 2.45) is 0 Å². The van der Waals surface area contributed by atoms with E-state index in [1.54, 1.807) is 0 Å². The van der Waals surface area contributed by atoms with Gasteiger partial charge in [0, 0.05) is 26.2 Å². The zero-order chi connectivity index (χ0) is 13.0. The number of carbonyl (C=O) groups excluding carboxylic acids is 1. The quantitative estimate of drug-likeness (QED) is 0.720. The van der Waals surface area contributed by atoms with Crippen LogP contribution in [0.2, 0.25) is 0 Å². The van der Waals surface area contributed by atoms with E-state index >= 15 is 0 Å². The molecular weight excluding hydrogens is 234 g/mol. The molecule has 0 unspecified atom stereocenters. The van der Waals surface area contributed by atoms with Crippen LogP contribution in [0.5, 0.6) is 0 Å². The molecule has 0 spiro atoms. The van der Waals surface area contributed by atoms with Crippen molar-refractivity contribution in [3.8, 4) is 0 Å². The number of hydrogen-bond acceptors (Lipinski definition) is 4. The molecule has 0 aromatic rings. The van der Waals surface area contributed by atoms with Gasteiger partial charge >= 0.3 is 5.97 Å². The van der Waals surface area contributed by atoms with Gasteiger partial charge in [0.1, 0.15) is 0 Å². The number of nitrogens with zero attached hydrogens (tertiary/aromatic N) is 3. The van der Waals surface area contributed by atoms with Crippen molar-refractivity contribution in [2.45, 2.75) is 12.8 Å². The summed E-state index contributed by atoms with van der Waals surface area (Å²) in [5.74, 6) is -0.612. The Morgan fingerprint density at radius 3 is 1.94 bits per heavy atom. The standard InChI is InChI=1S/C12H21N3O3/c16-11(9-13-3-1-2-4-13)15-7-5-14(6-8-15)10-12(17)18/h1-10H2,(H,17,18). The maximum absolute atomic E-state index is 12.0. The van der Waals surface area contributed by atoms with E-state index in [1.807, 2.05) is 9.80 Å². The van der Waals surface area contributed by atoms with Gasteiger partial charge < -0.3 is 10.0 Å². The van der Waals surface area contributed by atoms with Crippen LogP contribution in [0.25, 0.3) is 0 Å². The van der Waals surface area contributed by atoms with Crippen LogP contribution < -0.4 is 0 Å². The van der Waals surface area contributed by atoms with Gasteiger partial charge in [0.15, 0.2) is 0 Å². The number of amides is 1. The van der Waals surface area contributed by atoms with Crippen LogP contribution >= 0.6 is 0 Å². The predicted molar refractivity (Wildman–Crippen MR) is 66.3 cm³/mol. The molecule has 18 heavy (non-hydrogen) atoms. The maximum Gasteiger partial charge on any atom is 0.317 e. The number of carboxylic acid groups (broad SMARTS) is 1. The first kappa shape index (κ1) is 13.3. The lowest BCUT2D eigenvalue weighted by atomic mass is 10.3. The smallest absolute Gasteiger partial charge is 0.317 e. The molecule has 2 rings (SSSR count). The lowest BCUT2D eigenvalue weighted by Gasteiger charge is -2.34. The monoisotopic (exact) mass is 255 g/mol. The van der Waals surface area contributed by atoms with Crippen molar-refractivity contribution in [1.82, 2.24) is 14.7 Å². The third-order valence-electron chi connectivity index (χ3n) is 3.64. The lowest BCUT2D eigenvalue weighted by molar-refractivity contribution is -0.139. The summed E-state index contributed by atoms with van der Waals surface area (Å²) in [4.78, 5) is 28.6. The van der Waals surface area contributed by atoms with Gasteiger partial charge in [-0.15, -0.1) is 0 Å². The van der Waals surface area contributed by atoms with E-state index in [2.05, 4.69) is 4.90 Å². The van der Waals surface area contributed by atoms with Gasteiger partial charge in [0.25, 0.3) is 0 Å². The summed E-state index contributed by atoms with van der Waals surface area (Å²) >= 11 is 0. The lowest BCUT2D eigenvalue weighted by Crippen LogP contribution is -2.51. The third kappa shape index (κ3) is 3.68. The predicted octanol–water partition coefficient (Wildman–Crippen LogP) is -0.689. The van der Waals surface area contributed by atoms with Crippen molar-refractivity contribution in [3.63, 3.8) is 0 Å². The number of aliphatic carboxylic acids is 1. The Labute approximate surface area is 107 Å². The van der Waals surface area contributed by atoms with Gasteiger partial charge in [0.2, 0.25) is 5.91 Å². The number of piperazine rings is 1. The van der Waals surface area contributed by atoms with Crippen LogP contribution in [0.1, 0.15) is 12.8 Å². The number of hydrogen-bond donors (Lipinski definition) is 1. The Morgan fingerprint density at radius 1 is 0.833 bits per heavy atom. The highest BCUT2D eigenvalue weighted by atomic mass is 16.4. The first-order valence-electron chi connectivity index (χ1n) is 6.59. The maximum atomic E-state index is 12.0. The molecule has 1 amide bonds. The molecule has 2 aliphatic heterocycles. The summed E-state index contributed by atoms with van der Waals surface area (Å²) in [5.41, 5.74) is 0. The van der Waals surface area contributed by atoms with E-state index in [1.165, 1.54) is 12.8 Å². The number of likely N-dealkylation sites (tertiary alicyclic amines) is 1. The first-order valence-corrected chi connectivity index (χ1v) is 6.59. The Bertz CT molecular complexity index is 308. The number of carboxylic acids is 1. The van der Waals surface area contributed by atoms with Gasteiger partial charge in [-0.25, -0.2) is 0 Å². The second-order valence-corrected chi connectivity index (χ2v) is 5.03. The van der Waals surface area contributed by atoms with E-state index in [0.717, 1.165) is 13.1 Å². The van der Waals surface area contributed by atoms with Crippen LogP contribution in [-0.4, -0.2) is 84.0 Å². The van der Waals surface area contributed by atoms with Crippen molar-refractivity contribution in [1.29, 1.82) is 0 Å². The van der Waals surface area contributed by atoms with Crippen LogP contribution in [0.15, 0.2) is 0 Å². The van der Waals surface area contributed by atoms with Gasteiger partial charge in [-0.1, -0.05) is 0 Å². The highest BCUT2D eigenvalue weighted by molar-refractivity contribution is 5.78. The second-order valence-electron chi connectivity index (χ2n) is 5.03. The molecule has 0 aliphatic carbocycles. The normalized spacial score (nSPS) is 22.3. The fraction of sp³-hybridized carbons (Fsp3) is 0.833. The largest absolute Gasteiger partial charge is 0.480 e. The molecule has 6 heteroatoms. The zero-order valence-electron chi connectivity index (χ0n) is 10.7. The second kappa shape index (κ2) is 6.15. The van der Waals surface area contributed by atoms with Gasteiger partial charge in [-0.2, -0.15) is 0 Å². The molecule has 2 heterocycles. The van der Waals surface area contributed by atoms with Crippen LogP contribution in [0.4, 0.5) is 0 Å². The van der Waals surface area contributed by atoms with Crippen LogP contribution in [-0.2, 0) is 9.59 Å². The summed E-state index contributed by atoms with van der Waals surface area (Å²) in [6.45, 7) is 5.30. The molecule has 2 fully saturated rings. The summed E-state index contributed by atoms with van der Waals surface area (Å²) in [7, 11) is 0. The summed E-state index contributed by atoms with van der Waals surface area (Å²) < 4.78 is 0. The minimum Gasteiger partial charge on any atom is -0.480 e. The summed E-state index contributed by atoms with van der Waals surface area (Å²) in [5, 5.41) is 8.70. The topological polar surface area (TPSA) is 64.1 Å². The highest BCUT2D eigenvalue weighted by Gasteiger charge is 2.24. The average molecular weight is 255 g/mol. The van der Waals surface area contributed by atoms with Gasteiger partial charge in [-0.3, -0.25) is 19.4 Å². The fourth-order valence-corrected chi connectivity index (χ4v) is 2.58. The molecule has 6 nitrogen and oxygen atoms in total. The fourth-order valence-electron chi connectivity index (χ4n) is 2.58. The Kier molecular flexibility index (Phi) is 4.54. The molecule has 0 aromatic heterocycles. The SMILES string of the molecule is O=C(O)CN1CCN(C(=O)CN2CCCC2)CC1. The highest BCUT2D eigenvalue weighted by Crippen LogP contribution is 2.08. The molecule has 2 aliphatic rings. The van der Waals surface area contributed by atoms with Crippen LogP contribution in [0, 0.1) is 0 Å². The molecule has 102 valence electrons. The van der Waals surface area contributed by atoms with E-state index in [0.29, 0.717) is 32.7 Å². The van der Waals surface area contributed by atoms with E-state index < -0.39 is 5.97 Å². The minimum atomic E-state index is -0.799. The van der Waals surface area contributed by atoms with Gasteiger partial charge in [0.05, 0.1) is 13.1 Å². The Morgan fingerprint density at radius 2 is 1.39 bits per heavy atom. The summed E-state index contributed by atoms with van der Waals surface area (Å²) in [6, 6.07) is 0. The zero-order valence-corrected chi connectivity index (χ0v) is 10.7. The molecule has 2 saturated heterocycles. The molecular formula is C12H21N3O3. The molecule has 0 radical (unpaired) electrons. The molecule has 0 aromatic carbocycles. The molecule has 1 N–H and O–H groups in total. The van der Waals surface area contributed by atoms with E-state index in [-0.39, 0.29) is 12.5 Å². The van der Waals surface area contributed by atoms with Gasteiger partial charge in [-0.05, 0) is 25.9 Å². The third-order valence-corrected chi connectivity index (χ3v) is 3.64. The van der Waals surface area contributed by atoms with Crippen LogP contribution in [0.3, 0.4) is 0 Å². The average Bonchev–Trinajstić information content (AvgIpc) is 2.82. The first-order chi connectivity index (χ1) is 8.65. The van der Waals surface area contributed by atoms with Crippen molar-refractivity contribution in [2.75, 3.05) is 52.4 Å². The number of rotatable bonds is 4. The number of carbonyl (C=O) groups is 2. The Hall–Kier alpha value is -1.14. The summed E-state index contributed by atoms with van der Waals surface area (Å²) in [6.07, 6.45) is 2.39. The van der Waals surface area contributed by atoms with Crippen molar-refractivity contribution >= 4 is 11.9 Å². The molecule has 0 bridgehead atoms. The molecule has 0 saturated carbocycles. The Balaban J connectivity index is 1.71. The van der Waals surface area contributed by atoms with Crippen molar-refractivity contribution < 1.29 is 14.7 Å².